The molecule has 0 aliphatic heterocycles. The molecule has 0 aromatic carbocycles. The molecule has 5 N–H and O–H groups in total. The van der Waals surface area contributed by atoms with Crippen LogP contribution in [-0.2, 0) is 11.3 Å². The van der Waals surface area contributed by atoms with Gasteiger partial charge in [0.2, 0.25) is 0 Å². The molecular formula is C11H15N7OS. The molecule has 106 valence electrons. The summed E-state index contributed by atoms with van der Waals surface area (Å²) in [6.07, 6.45) is 0. The van der Waals surface area contributed by atoms with Crippen molar-refractivity contribution in [1.29, 1.82) is 0 Å². The molecule has 0 aliphatic rings. The van der Waals surface area contributed by atoms with Gasteiger partial charge < -0.3 is 21.5 Å². The number of nitrogens with zero attached hydrogens (tertiary/aromatic N) is 4. The van der Waals surface area contributed by atoms with E-state index in [1.807, 2.05) is 0 Å². The summed E-state index contributed by atoms with van der Waals surface area (Å²) >= 11 is 1.26. The smallest absolute Gasteiger partial charge is 0.197 e. The van der Waals surface area contributed by atoms with Crippen molar-refractivity contribution in [2.75, 3.05) is 30.9 Å². The van der Waals surface area contributed by atoms with Crippen molar-refractivity contribution in [3.63, 3.8) is 0 Å². The van der Waals surface area contributed by atoms with Crippen molar-refractivity contribution >= 4 is 29.2 Å². The van der Waals surface area contributed by atoms with E-state index in [-0.39, 0.29) is 0 Å². The van der Waals surface area contributed by atoms with Gasteiger partial charge in [-0.25, -0.2) is 19.9 Å². The third-order valence-corrected chi connectivity index (χ3v) is 3.00. The van der Waals surface area contributed by atoms with Crippen LogP contribution in [0.2, 0.25) is 0 Å². The Balaban J connectivity index is 2.29. The van der Waals surface area contributed by atoms with Crippen LogP contribution in [0.3, 0.4) is 0 Å². The standard InChI is InChI=1S/C11H15N7OS/c1-14-8-4-10(18-9(17-8)5-19-2)20-11-15-6(12)3-7(13)16-11/h3-4H,5H2,1-2H3,(H,14,17,18)(H4,12,13,15,16). The van der Waals surface area contributed by atoms with Gasteiger partial charge in [0.05, 0.1) is 0 Å². The first-order chi connectivity index (χ1) is 9.60. The van der Waals surface area contributed by atoms with E-state index in [1.165, 1.54) is 17.8 Å². The molecule has 0 unspecified atom stereocenters. The van der Waals surface area contributed by atoms with Crippen LogP contribution in [0.15, 0.2) is 22.3 Å². The number of hydrogen-bond donors (Lipinski definition) is 3. The van der Waals surface area contributed by atoms with E-state index in [0.717, 1.165) is 0 Å². The van der Waals surface area contributed by atoms with E-state index >= 15 is 0 Å². The summed E-state index contributed by atoms with van der Waals surface area (Å²) in [4.78, 5) is 16.8. The Kier molecular flexibility index (Phi) is 4.53. The third kappa shape index (κ3) is 3.68. The fourth-order valence-electron chi connectivity index (χ4n) is 1.45. The number of nitrogens with one attached hydrogen (secondary N) is 1. The maximum Gasteiger partial charge on any atom is 0.197 e. The van der Waals surface area contributed by atoms with E-state index in [1.54, 1.807) is 20.2 Å². The summed E-state index contributed by atoms with van der Waals surface area (Å²) in [5, 5.41) is 4.08. The molecule has 0 bridgehead atoms. The molecule has 2 aromatic heterocycles. The van der Waals surface area contributed by atoms with Gasteiger partial charge in [0, 0.05) is 26.3 Å². The number of anilines is 3. The highest BCUT2D eigenvalue weighted by Gasteiger charge is 2.08. The molecule has 2 heterocycles. The SMILES string of the molecule is CNc1cc(Sc2nc(N)cc(N)n2)nc(COC)n1. The molecule has 9 heteroatoms. The summed E-state index contributed by atoms with van der Waals surface area (Å²) in [7, 11) is 3.37. The van der Waals surface area contributed by atoms with Crippen molar-refractivity contribution in [1.82, 2.24) is 19.9 Å². The second kappa shape index (κ2) is 6.35. The predicted molar refractivity (Wildman–Crippen MR) is 77.3 cm³/mol. The molecule has 0 fully saturated rings. The molecule has 0 radical (unpaired) electrons. The average molecular weight is 293 g/mol. The lowest BCUT2D eigenvalue weighted by Gasteiger charge is -2.07. The van der Waals surface area contributed by atoms with Gasteiger partial charge in [-0.3, -0.25) is 0 Å². The quantitative estimate of drug-likeness (QED) is 0.541. The van der Waals surface area contributed by atoms with Crippen molar-refractivity contribution < 1.29 is 4.74 Å². The number of nitrogens with two attached hydrogens (primary N) is 2. The van der Waals surface area contributed by atoms with Crippen molar-refractivity contribution in [3.05, 3.63) is 18.0 Å². The summed E-state index contributed by atoms with van der Waals surface area (Å²) in [5.74, 6) is 1.89. The third-order valence-electron chi connectivity index (χ3n) is 2.22. The van der Waals surface area contributed by atoms with Gasteiger partial charge in [-0.2, -0.15) is 0 Å². The van der Waals surface area contributed by atoms with E-state index < -0.39 is 0 Å². The van der Waals surface area contributed by atoms with Crippen LogP contribution in [-0.4, -0.2) is 34.1 Å². The molecular weight excluding hydrogens is 278 g/mol. The number of ether oxygens (including phenoxy) is 1. The van der Waals surface area contributed by atoms with Crippen LogP contribution in [0.4, 0.5) is 17.5 Å². The zero-order valence-electron chi connectivity index (χ0n) is 11.1. The topological polar surface area (TPSA) is 125 Å². The molecule has 2 rings (SSSR count). The fraction of sp³-hybridized carbons (Fsp3) is 0.273. The van der Waals surface area contributed by atoms with E-state index in [0.29, 0.717) is 40.1 Å². The Morgan fingerprint density at radius 3 is 2.45 bits per heavy atom. The monoisotopic (exact) mass is 293 g/mol. The summed E-state index contributed by atoms with van der Waals surface area (Å²) in [6.45, 7) is 0.322. The normalized spacial score (nSPS) is 10.5. The predicted octanol–water partition coefficient (Wildman–Crippen LogP) is 0.770. The lowest BCUT2D eigenvalue weighted by atomic mass is 10.5. The lowest BCUT2D eigenvalue weighted by molar-refractivity contribution is 0.177. The first-order valence-corrected chi connectivity index (χ1v) is 6.55. The second-order valence-electron chi connectivity index (χ2n) is 3.79. The zero-order chi connectivity index (χ0) is 14.5. The van der Waals surface area contributed by atoms with Crippen LogP contribution >= 0.6 is 11.8 Å². The Bertz CT molecular complexity index is 587. The number of methoxy groups -OCH3 is 1. The first kappa shape index (κ1) is 14.3. The molecule has 8 nitrogen and oxygen atoms in total. The molecule has 0 saturated carbocycles. The average Bonchev–Trinajstić information content (AvgIpc) is 2.37. The second-order valence-corrected chi connectivity index (χ2v) is 4.78. The maximum absolute atomic E-state index is 5.64. The lowest BCUT2D eigenvalue weighted by Crippen LogP contribution is -2.03. The molecule has 0 spiro atoms. The summed E-state index contributed by atoms with van der Waals surface area (Å²) in [6, 6.07) is 3.28. The minimum atomic E-state index is 0.319. The zero-order valence-corrected chi connectivity index (χ0v) is 11.9. The molecule has 0 amide bonds. The van der Waals surface area contributed by atoms with Crippen LogP contribution in [0.5, 0.6) is 0 Å². The van der Waals surface area contributed by atoms with Crippen LogP contribution in [0.25, 0.3) is 0 Å². The van der Waals surface area contributed by atoms with Gasteiger partial charge >= 0.3 is 0 Å². The fourth-order valence-corrected chi connectivity index (χ4v) is 2.26. The highest BCUT2D eigenvalue weighted by atomic mass is 32.2. The Hall–Kier alpha value is -2.13. The van der Waals surface area contributed by atoms with Gasteiger partial charge in [0.15, 0.2) is 11.0 Å². The molecule has 2 aromatic rings. The van der Waals surface area contributed by atoms with Gasteiger partial charge in [-0.05, 0) is 11.8 Å². The van der Waals surface area contributed by atoms with Gasteiger partial charge in [-0.1, -0.05) is 0 Å². The summed E-state index contributed by atoms with van der Waals surface area (Å²) < 4.78 is 5.04. The highest BCUT2D eigenvalue weighted by Crippen LogP contribution is 2.26. The molecule has 20 heavy (non-hydrogen) atoms. The minimum Gasteiger partial charge on any atom is -0.383 e. The molecule has 0 saturated heterocycles. The van der Waals surface area contributed by atoms with Crippen molar-refractivity contribution in [3.8, 4) is 0 Å². The molecule has 0 atom stereocenters. The number of hydrogen-bond acceptors (Lipinski definition) is 9. The Morgan fingerprint density at radius 1 is 1.15 bits per heavy atom. The molecule has 0 aliphatic carbocycles. The largest absolute Gasteiger partial charge is 0.383 e. The van der Waals surface area contributed by atoms with Crippen LogP contribution in [0, 0.1) is 0 Å². The van der Waals surface area contributed by atoms with Crippen molar-refractivity contribution in [2.45, 2.75) is 16.8 Å². The summed E-state index contributed by atoms with van der Waals surface area (Å²) in [5.41, 5.74) is 11.3. The van der Waals surface area contributed by atoms with E-state index in [4.69, 9.17) is 16.2 Å². The van der Waals surface area contributed by atoms with Gasteiger partial charge in [0.1, 0.15) is 29.1 Å². The Labute approximate surface area is 120 Å². The number of nitrogen functional groups attached to an aromatic ring is 2. The Morgan fingerprint density at radius 2 is 1.85 bits per heavy atom. The first-order valence-electron chi connectivity index (χ1n) is 5.73. The van der Waals surface area contributed by atoms with Crippen molar-refractivity contribution in [2.24, 2.45) is 0 Å². The van der Waals surface area contributed by atoms with Gasteiger partial charge in [-0.15, -0.1) is 0 Å². The minimum absolute atomic E-state index is 0.319. The van der Waals surface area contributed by atoms with E-state index in [9.17, 15) is 0 Å². The van der Waals surface area contributed by atoms with Crippen LogP contribution in [0.1, 0.15) is 5.82 Å². The van der Waals surface area contributed by atoms with Gasteiger partial charge in [0.25, 0.3) is 0 Å². The maximum atomic E-state index is 5.64. The number of aromatic nitrogens is 4. The number of rotatable bonds is 5. The van der Waals surface area contributed by atoms with Crippen LogP contribution < -0.4 is 16.8 Å². The van der Waals surface area contributed by atoms with E-state index in [2.05, 4.69) is 25.3 Å². The highest BCUT2D eigenvalue weighted by molar-refractivity contribution is 7.99.